The van der Waals surface area contributed by atoms with Crippen LogP contribution in [0.1, 0.15) is 29.0 Å². The molecular weight excluding hydrogens is 460 g/mol. The van der Waals surface area contributed by atoms with Gasteiger partial charge in [0.05, 0.1) is 19.0 Å². The van der Waals surface area contributed by atoms with Crippen molar-refractivity contribution in [3.8, 4) is 28.5 Å². The third kappa shape index (κ3) is 4.75. The summed E-state index contributed by atoms with van der Waals surface area (Å²) in [5, 5.41) is 2.79. The molecule has 1 aliphatic rings. The number of carbonyl (C=O) groups is 1. The van der Waals surface area contributed by atoms with Crippen LogP contribution >= 0.6 is 0 Å². The fourth-order valence-corrected chi connectivity index (χ4v) is 3.75. The highest BCUT2D eigenvalue weighted by Gasteiger charge is 2.29. The summed E-state index contributed by atoms with van der Waals surface area (Å²) >= 11 is 0. The number of amides is 1. The molecule has 1 saturated carbocycles. The third-order valence-electron chi connectivity index (χ3n) is 5.71. The first-order valence-electron chi connectivity index (χ1n) is 11.0. The molecule has 182 valence electrons. The molecule has 0 radical (unpaired) electrons. The molecule has 5 rings (SSSR count). The standard InChI is InChI=1S/C24H23F2N5O4/c1-30-8-6-27-21(30)13-34-16-5-7-31-17(12-28-20(31)11-16)14-9-18(33-2)22(19(10-14)35-24(25)26)23(32)29-15-3-4-15/h5-12,15,24H,3-4,13H2,1-2H3,(H,29,32). The minimum atomic E-state index is -3.11. The summed E-state index contributed by atoms with van der Waals surface area (Å²) in [6, 6.07) is 6.57. The number of benzene rings is 1. The van der Waals surface area contributed by atoms with Gasteiger partial charge in [0.1, 0.15) is 40.9 Å². The molecule has 3 heterocycles. The van der Waals surface area contributed by atoms with E-state index in [1.54, 1.807) is 41.2 Å². The van der Waals surface area contributed by atoms with Crippen molar-refractivity contribution in [2.75, 3.05) is 7.11 Å². The summed E-state index contributed by atoms with van der Waals surface area (Å²) in [4.78, 5) is 21.4. The maximum absolute atomic E-state index is 13.2. The Hall–Kier alpha value is -4.15. The predicted octanol–water partition coefficient (Wildman–Crippen LogP) is 3.82. The topological polar surface area (TPSA) is 91.9 Å². The first kappa shape index (κ1) is 22.6. The number of ether oxygens (including phenoxy) is 3. The quantitative estimate of drug-likeness (QED) is 0.389. The van der Waals surface area contributed by atoms with Crippen molar-refractivity contribution in [2.24, 2.45) is 7.05 Å². The predicted molar refractivity (Wildman–Crippen MR) is 122 cm³/mol. The van der Waals surface area contributed by atoms with Gasteiger partial charge in [-0.2, -0.15) is 8.78 Å². The van der Waals surface area contributed by atoms with Crippen LogP contribution in [0.3, 0.4) is 0 Å². The Kier molecular flexibility index (Phi) is 5.98. The molecule has 0 atom stereocenters. The van der Waals surface area contributed by atoms with Crippen molar-refractivity contribution in [1.29, 1.82) is 0 Å². The second-order valence-corrected chi connectivity index (χ2v) is 8.16. The molecule has 1 N–H and O–H groups in total. The van der Waals surface area contributed by atoms with Crippen LogP contribution in [0, 0.1) is 0 Å². The molecule has 0 bridgehead atoms. The summed E-state index contributed by atoms with van der Waals surface area (Å²) in [6.07, 6.45) is 8.61. The second kappa shape index (κ2) is 9.24. The van der Waals surface area contributed by atoms with Gasteiger partial charge in [0, 0.05) is 43.3 Å². The van der Waals surface area contributed by atoms with Gasteiger partial charge in [-0.3, -0.25) is 9.20 Å². The monoisotopic (exact) mass is 483 g/mol. The van der Waals surface area contributed by atoms with E-state index in [9.17, 15) is 13.6 Å². The number of aryl methyl sites for hydroxylation is 1. The van der Waals surface area contributed by atoms with Gasteiger partial charge in [0.2, 0.25) is 0 Å². The number of carbonyl (C=O) groups excluding carboxylic acids is 1. The maximum Gasteiger partial charge on any atom is 0.387 e. The van der Waals surface area contributed by atoms with Crippen LogP contribution in [0.25, 0.3) is 16.9 Å². The summed E-state index contributed by atoms with van der Waals surface area (Å²) in [7, 11) is 3.26. The lowest BCUT2D eigenvalue weighted by Crippen LogP contribution is -2.26. The third-order valence-corrected chi connectivity index (χ3v) is 5.71. The number of pyridine rings is 1. The molecule has 1 fully saturated rings. The molecule has 9 nitrogen and oxygen atoms in total. The van der Waals surface area contributed by atoms with Crippen molar-refractivity contribution >= 4 is 11.6 Å². The van der Waals surface area contributed by atoms with E-state index in [0.29, 0.717) is 29.3 Å². The number of methoxy groups -OCH3 is 1. The molecule has 1 aliphatic carbocycles. The second-order valence-electron chi connectivity index (χ2n) is 8.16. The molecule has 3 aromatic heterocycles. The van der Waals surface area contributed by atoms with E-state index in [0.717, 1.165) is 18.7 Å². The van der Waals surface area contributed by atoms with Crippen LogP contribution in [-0.2, 0) is 13.7 Å². The molecule has 35 heavy (non-hydrogen) atoms. The van der Waals surface area contributed by atoms with Gasteiger partial charge in [0.15, 0.2) is 0 Å². The van der Waals surface area contributed by atoms with Crippen molar-refractivity contribution < 1.29 is 27.8 Å². The number of nitrogens with zero attached hydrogens (tertiary/aromatic N) is 4. The van der Waals surface area contributed by atoms with Crippen LogP contribution in [0.2, 0.25) is 0 Å². The number of nitrogens with one attached hydrogen (secondary N) is 1. The van der Waals surface area contributed by atoms with Gasteiger partial charge in [-0.05, 0) is 31.0 Å². The van der Waals surface area contributed by atoms with Crippen molar-refractivity contribution in [3.63, 3.8) is 0 Å². The van der Waals surface area contributed by atoms with E-state index < -0.39 is 12.5 Å². The van der Waals surface area contributed by atoms with Crippen LogP contribution in [0.5, 0.6) is 17.2 Å². The molecular formula is C24H23F2N5O4. The number of aromatic nitrogens is 4. The number of imidazole rings is 2. The fourth-order valence-electron chi connectivity index (χ4n) is 3.75. The van der Waals surface area contributed by atoms with Crippen LogP contribution in [0.4, 0.5) is 8.78 Å². The smallest absolute Gasteiger partial charge is 0.387 e. The SMILES string of the molecule is COc1cc(-c2cnc3cc(OCc4nccn4C)ccn23)cc(OC(F)F)c1C(=O)NC1CC1. The molecule has 0 unspecified atom stereocenters. The van der Waals surface area contributed by atoms with E-state index in [2.05, 4.69) is 15.3 Å². The van der Waals surface area contributed by atoms with Gasteiger partial charge < -0.3 is 24.1 Å². The lowest BCUT2D eigenvalue weighted by molar-refractivity contribution is -0.0502. The zero-order chi connectivity index (χ0) is 24.5. The molecule has 11 heteroatoms. The summed E-state index contributed by atoms with van der Waals surface area (Å²) in [6.45, 7) is -2.81. The zero-order valence-corrected chi connectivity index (χ0v) is 19.1. The molecule has 4 aromatic rings. The van der Waals surface area contributed by atoms with Gasteiger partial charge >= 0.3 is 6.61 Å². The lowest BCUT2D eigenvalue weighted by atomic mass is 10.1. The number of fused-ring (bicyclic) bond motifs is 1. The Bertz CT molecular complexity index is 1380. The van der Waals surface area contributed by atoms with Crippen molar-refractivity contribution in [2.45, 2.75) is 32.1 Å². The zero-order valence-electron chi connectivity index (χ0n) is 19.1. The highest BCUT2D eigenvalue weighted by Crippen LogP contribution is 2.37. The van der Waals surface area contributed by atoms with Crippen LogP contribution in [0.15, 0.2) is 49.1 Å². The number of alkyl halides is 2. The first-order valence-corrected chi connectivity index (χ1v) is 11.0. The van der Waals surface area contributed by atoms with Crippen molar-refractivity contribution in [3.05, 3.63) is 60.4 Å². The minimum absolute atomic E-state index is 0.0406. The normalized spacial score (nSPS) is 13.3. The highest BCUT2D eigenvalue weighted by molar-refractivity contribution is 6.01. The minimum Gasteiger partial charge on any atom is -0.496 e. The number of hydrogen-bond acceptors (Lipinski definition) is 6. The van der Waals surface area contributed by atoms with E-state index in [4.69, 9.17) is 14.2 Å². The summed E-state index contributed by atoms with van der Waals surface area (Å²) < 4.78 is 46.0. The van der Waals surface area contributed by atoms with Crippen LogP contribution in [-0.4, -0.2) is 44.6 Å². The average Bonchev–Trinajstić information content (AvgIpc) is 3.39. The number of hydrogen-bond donors (Lipinski definition) is 1. The van der Waals surface area contributed by atoms with Gasteiger partial charge in [-0.1, -0.05) is 0 Å². The lowest BCUT2D eigenvalue weighted by Gasteiger charge is -2.16. The van der Waals surface area contributed by atoms with E-state index >= 15 is 0 Å². The number of rotatable bonds is 9. The number of halogens is 2. The maximum atomic E-state index is 13.2. The van der Waals surface area contributed by atoms with E-state index in [-0.39, 0.29) is 23.1 Å². The van der Waals surface area contributed by atoms with Gasteiger partial charge in [0.25, 0.3) is 5.91 Å². The Morgan fingerprint density at radius 3 is 2.69 bits per heavy atom. The average molecular weight is 483 g/mol. The Labute approximate surface area is 199 Å². The molecule has 1 amide bonds. The van der Waals surface area contributed by atoms with Gasteiger partial charge in [-0.25, -0.2) is 9.97 Å². The molecule has 0 saturated heterocycles. The Morgan fingerprint density at radius 1 is 1.20 bits per heavy atom. The Balaban J connectivity index is 1.48. The summed E-state index contributed by atoms with van der Waals surface area (Å²) in [5.41, 5.74) is 1.61. The molecule has 1 aromatic carbocycles. The Morgan fingerprint density at radius 2 is 2.00 bits per heavy atom. The molecule has 0 aliphatic heterocycles. The van der Waals surface area contributed by atoms with E-state index in [1.165, 1.54) is 13.2 Å². The first-order chi connectivity index (χ1) is 16.9. The summed E-state index contributed by atoms with van der Waals surface area (Å²) in [5.74, 6) is 0.723. The largest absolute Gasteiger partial charge is 0.496 e. The van der Waals surface area contributed by atoms with Crippen molar-refractivity contribution in [1.82, 2.24) is 24.3 Å². The fraction of sp³-hybridized carbons (Fsp3) is 0.292. The highest BCUT2D eigenvalue weighted by atomic mass is 19.3. The van der Waals surface area contributed by atoms with Crippen LogP contribution < -0.4 is 19.5 Å². The van der Waals surface area contributed by atoms with E-state index in [1.807, 2.05) is 17.8 Å². The van der Waals surface area contributed by atoms with Gasteiger partial charge in [-0.15, -0.1) is 0 Å². The molecule has 0 spiro atoms.